The lowest BCUT2D eigenvalue weighted by Crippen LogP contribution is -2.45. The van der Waals surface area contributed by atoms with Gasteiger partial charge in [-0.15, -0.1) is 0 Å². The zero-order valence-electron chi connectivity index (χ0n) is 17.5. The third kappa shape index (κ3) is 4.76. The first-order chi connectivity index (χ1) is 15.0. The predicted molar refractivity (Wildman–Crippen MR) is 113 cm³/mol. The topological polar surface area (TPSA) is 72.6 Å². The van der Waals surface area contributed by atoms with E-state index in [9.17, 15) is 14.0 Å². The van der Waals surface area contributed by atoms with Crippen molar-refractivity contribution in [3.8, 4) is 0 Å². The van der Waals surface area contributed by atoms with E-state index in [0.29, 0.717) is 41.3 Å². The molecule has 7 heteroatoms. The largest absolute Gasteiger partial charge is 0.466 e. The lowest BCUT2D eigenvalue weighted by Gasteiger charge is -2.35. The van der Waals surface area contributed by atoms with Crippen molar-refractivity contribution in [1.82, 2.24) is 9.88 Å². The van der Waals surface area contributed by atoms with Crippen LogP contribution in [0.15, 0.2) is 46.9 Å². The van der Waals surface area contributed by atoms with Gasteiger partial charge in [0.2, 0.25) is 0 Å². The molecule has 162 valence electrons. The summed E-state index contributed by atoms with van der Waals surface area (Å²) in [5, 5.41) is 0. The van der Waals surface area contributed by atoms with E-state index in [4.69, 9.17) is 9.15 Å². The Labute approximate surface area is 180 Å². The Morgan fingerprint density at radius 3 is 2.87 bits per heavy atom. The van der Waals surface area contributed by atoms with Gasteiger partial charge in [-0.25, -0.2) is 9.37 Å². The molecule has 31 heavy (non-hydrogen) atoms. The number of halogens is 1. The second-order valence-corrected chi connectivity index (χ2v) is 7.72. The number of amides is 1. The second-order valence-electron chi connectivity index (χ2n) is 7.72. The molecule has 0 unspecified atom stereocenters. The summed E-state index contributed by atoms with van der Waals surface area (Å²) < 4.78 is 24.8. The summed E-state index contributed by atoms with van der Waals surface area (Å²) in [6.45, 7) is 2.71. The van der Waals surface area contributed by atoms with Crippen LogP contribution < -0.4 is 0 Å². The van der Waals surface area contributed by atoms with Crippen molar-refractivity contribution < 1.29 is 23.1 Å². The molecule has 1 atom stereocenters. The third-order valence-electron chi connectivity index (χ3n) is 5.57. The van der Waals surface area contributed by atoms with E-state index in [1.807, 2.05) is 0 Å². The molecule has 0 spiro atoms. The number of hydrogen-bond donors (Lipinski definition) is 0. The Hall–Kier alpha value is -3.22. The maximum absolute atomic E-state index is 13.9. The summed E-state index contributed by atoms with van der Waals surface area (Å²) >= 11 is 0. The van der Waals surface area contributed by atoms with Crippen molar-refractivity contribution in [2.45, 2.75) is 45.1 Å². The Balaban J connectivity index is 1.53. The van der Waals surface area contributed by atoms with Gasteiger partial charge >= 0.3 is 5.97 Å². The fraction of sp³-hybridized carbons (Fsp3) is 0.375. The Morgan fingerprint density at radius 2 is 2.06 bits per heavy atom. The summed E-state index contributed by atoms with van der Waals surface area (Å²) in [4.78, 5) is 31.3. The van der Waals surface area contributed by atoms with Crippen LogP contribution in [0.3, 0.4) is 0 Å². The molecule has 4 rings (SSSR count). The van der Waals surface area contributed by atoms with E-state index in [1.54, 1.807) is 48.2 Å². The molecular weight excluding hydrogens is 399 g/mol. The van der Waals surface area contributed by atoms with Gasteiger partial charge in [0.1, 0.15) is 11.3 Å². The molecule has 1 aliphatic heterocycles. The van der Waals surface area contributed by atoms with Gasteiger partial charge in [0, 0.05) is 18.2 Å². The molecule has 1 aliphatic rings. The standard InChI is InChI=1S/C24H25FN2O4/c1-2-30-23(28)15-18-8-5-6-12-27(18)24(29)17-10-11-20-21(13-17)31-22(26-20)14-16-7-3-4-9-19(16)25/h3-4,7,9-11,13,18H,2,5-6,8,12,14-15H2,1H3/t18-/m1/s1. The van der Waals surface area contributed by atoms with Crippen LogP contribution >= 0.6 is 0 Å². The van der Waals surface area contributed by atoms with Crippen LogP contribution in [0.1, 0.15) is 54.4 Å². The SMILES string of the molecule is CCOC(=O)C[C@H]1CCCCN1C(=O)c1ccc2nc(Cc3ccccc3F)oc2c1. The van der Waals surface area contributed by atoms with Crippen molar-refractivity contribution in [2.24, 2.45) is 0 Å². The summed E-state index contributed by atoms with van der Waals surface area (Å²) in [5.74, 6) is -0.333. The lowest BCUT2D eigenvalue weighted by molar-refractivity contribution is -0.144. The number of piperidine rings is 1. The van der Waals surface area contributed by atoms with Crippen molar-refractivity contribution >= 4 is 23.0 Å². The molecule has 0 radical (unpaired) electrons. The van der Waals surface area contributed by atoms with Crippen LogP contribution in [0.4, 0.5) is 4.39 Å². The van der Waals surface area contributed by atoms with Crippen LogP contribution in [0.25, 0.3) is 11.1 Å². The van der Waals surface area contributed by atoms with Crippen molar-refractivity contribution in [3.63, 3.8) is 0 Å². The van der Waals surface area contributed by atoms with Crippen molar-refractivity contribution in [3.05, 3.63) is 65.3 Å². The van der Waals surface area contributed by atoms with E-state index < -0.39 is 0 Å². The molecule has 1 amide bonds. The second kappa shape index (κ2) is 9.29. The number of esters is 1. The average molecular weight is 424 g/mol. The van der Waals surface area contributed by atoms with Crippen LogP contribution in [0, 0.1) is 5.82 Å². The van der Waals surface area contributed by atoms with Gasteiger partial charge in [-0.3, -0.25) is 9.59 Å². The van der Waals surface area contributed by atoms with E-state index in [1.165, 1.54) is 6.07 Å². The van der Waals surface area contributed by atoms with Gasteiger partial charge in [-0.1, -0.05) is 18.2 Å². The summed E-state index contributed by atoms with van der Waals surface area (Å²) in [7, 11) is 0. The van der Waals surface area contributed by atoms with Gasteiger partial charge in [-0.2, -0.15) is 0 Å². The van der Waals surface area contributed by atoms with E-state index >= 15 is 0 Å². The number of aromatic nitrogens is 1. The van der Waals surface area contributed by atoms with Gasteiger partial charge in [0.05, 0.1) is 19.4 Å². The van der Waals surface area contributed by atoms with Gasteiger partial charge in [0.25, 0.3) is 5.91 Å². The zero-order valence-corrected chi connectivity index (χ0v) is 17.5. The normalized spacial score (nSPS) is 16.5. The molecule has 2 aromatic carbocycles. The highest BCUT2D eigenvalue weighted by Crippen LogP contribution is 2.25. The number of nitrogens with zero attached hydrogens (tertiary/aromatic N) is 2. The number of ether oxygens (including phenoxy) is 1. The Morgan fingerprint density at radius 1 is 1.23 bits per heavy atom. The molecular formula is C24H25FN2O4. The zero-order chi connectivity index (χ0) is 21.8. The number of rotatable bonds is 6. The molecule has 0 bridgehead atoms. The molecule has 0 saturated carbocycles. The monoisotopic (exact) mass is 424 g/mol. The molecule has 2 heterocycles. The summed E-state index contributed by atoms with van der Waals surface area (Å²) in [6, 6.07) is 11.5. The maximum atomic E-state index is 13.9. The van der Waals surface area contributed by atoms with Crippen LogP contribution in [0.2, 0.25) is 0 Å². The Kier molecular flexibility index (Phi) is 6.30. The number of oxazole rings is 1. The maximum Gasteiger partial charge on any atom is 0.307 e. The first kappa shape index (κ1) is 21.0. The third-order valence-corrected chi connectivity index (χ3v) is 5.57. The van der Waals surface area contributed by atoms with Gasteiger partial charge < -0.3 is 14.1 Å². The lowest BCUT2D eigenvalue weighted by atomic mass is 9.98. The van der Waals surface area contributed by atoms with Crippen LogP contribution in [0.5, 0.6) is 0 Å². The summed E-state index contributed by atoms with van der Waals surface area (Å²) in [6.07, 6.45) is 3.11. The minimum atomic E-state index is -0.307. The fourth-order valence-electron chi connectivity index (χ4n) is 4.04. The number of benzene rings is 2. The number of likely N-dealkylation sites (tertiary alicyclic amines) is 1. The highest BCUT2D eigenvalue weighted by molar-refractivity contribution is 5.97. The van der Waals surface area contributed by atoms with Crippen molar-refractivity contribution in [2.75, 3.05) is 13.2 Å². The highest BCUT2D eigenvalue weighted by atomic mass is 19.1. The molecule has 1 saturated heterocycles. The molecule has 3 aromatic rings. The molecule has 1 aromatic heterocycles. The van der Waals surface area contributed by atoms with E-state index in [0.717, 1.165) is 19.3 Å². The van der Waals surface area contributed by atoms with Gasteiger partial charge in [-0.05, 0) is 56.0 Å². The highest BCUT2D eigenvalue weighted by Gasteiger charge is 2.30. The minimum absolute atomic E-state index is 0.136. The summed E-state index contributed by atoms with van der Waals surface area (Å²) in [5.41, 5.74) is 2.08. The molecule has 1 fully saturated rings. The number of hydrogen-bond acceptors (Lipinski definition) is 5. The molecule has 6 nitrogen and oxygen atoms in total. The van der Waals surface area contributed by atoms with Crippen LogP contribution in [-0.2, 0) is 16.0 Å². The van der Waals surface area contributed by atoms with E-state index in [-0.39, 0.29) is 36.6 Å². The van der Waals surface area contributed by atoms with E-state index in [2.05, 4.69) is 4.98 Å². The smallest absolute Gasteiger partial charge is 0.307 e. The predicted octanol–water partition coefficient (Wildman–Crippen LogP) is 4.51. The quantitative estimate of drug-likeness (QED) is 0.545. The van der Waals surface area contributed by atoms with Crippen LogP contribution in [-0.4, -0.2) is 41.0 Å². The number of carbonyl (C=O) groups is 2. The number of carbonyl (C=O) groups excluding carboxylic acids is 2. The molecule has 0 aliphatic carbocycles. The Bertz CT molecular complexity index is 1090. The average Bonchev–Trinajstić information content (AvgIpc) is 3.17. The molecule has 0 N–H and O–H groups in total. The first-order valence-corrected chi connectivity index (χ1v) is 10.6. The van der Waals surface area contributed by atoms with Crippen molar-refractivity contribution in [1.29, 1.82) is 0 Å². The number of fused-ring (bicyclic) bond motifs is 1. The minimum Gasteiger partial charge on any atom is -0.466 e. The fourth-order valence-corrected chi connectivity index (χ4v) is 4.04. The first-order valence-electron chi connectivity index (χ1n) is 10.6. The van der Waals surface area contributed by atoms with Gasteiger partial charge in [0.15, 0.2) is 11.5 Å².